The number of halogens is 4. The molecule has 0 aliphatic heterocycles. The van der Waals surface area contributed by atoms with Gasteiger partial charge in [-0.15, -0.1) is 0 Å². The Morgan fingerprint density at radius 1 is 1.03 bits per heavy atom. The summed E-state index contributed by atoms with van der Waals surface area (Å²) in [6.07, 6.45) is 2.25. The summed E-state index contributed by atoms with van der Waals surface area (Å²) in [5.41, 5.74) is 0.745. The molecule has 0 aromatic heterocycles. The minimum Gasteiger partial charge on any atom is -0.349 e. The van der Waals surface area contributed by atoms with Gasteiger partial charge in [0, 0.05) is 24.1 Å². The predicted octanol–water partition coefficient (Wildman–Crippen LogP) is 6.27. The molecule has 1 amide bonds. The Morgan fingerprint density at radius 3 is 2.03 bits per heavy atom. The van der Waals surface area contributed by atoms with Crippen molar-refractivity contribution < 1.29 is 31.9 Å². The molecule has 0 atom stereocenters. The molecule has 0 bridgehead atoms. The standard InChI is InChI=1S/C15H19F2NO.C9H10F2.2CH2O/c1-10-9-11(3-4-13(10)16)14(19)18-12-5-7-15(2,17)8-6-12;1-7-4-3-5-8(6-7)9(2,10)11;2*1-2/h3-4,9,12H,5-8H2,1-2H3,(H,18,19);3-6H,1-2H3;2*1H2. The van der Waals surface area contributed by atoms with Gasteiger partial charge >= 0.3 is 0 Å². The fourth-order valence-electron chi connectivity index (χ4n) is 3.34. The summed E-state index contributed by atoms with van der Waals surface area (Å²) in [6, 6.07) is 10.7. The van der Waals surface area contributed by atoms with E-state index in [4.69, 9.17) is 9.59 Å². The molecular weight excluding hydrogens is 450 g/mol. The summed E-state index contributed by atoms with van der Waals surface area (Å²) >= 11 is 0. The van der Waals surface area contributed by atoms with Gasteiger partial charge in [0.25, 0.3) is 11.8 Å². The van der Waals surface area contributed by atoms with Crippen LogP contribution in [-0.2, 0) is 15.5 Å². The molecule has 1 fully saturated rings. The first kappa shape index (κ1) is 31.0. The Balaban J connectivity index is 0.000000618. The zero-order valence-electron chi connectivity index (χ0n) is 20.1. The molecule has 8 heteroatoms. The van der Waals surface area contributed by atoms with Crippen molar-refractivity contribution in [2.24, 2.45) is 0 Å². The van der Waals surface area contributed by atoms with Crippen LogP contribution in [0.5, 0.6) is 0 Å². The number of hydrogen-bond acceptors (Lipinski definition) is 3. The molecular formula is C26H33F4NO3. The van der Waals surface area contributed by atoms with Gasteiger partial charge < -0.3 is 14.9 Å². The van der Waals surface area contributed by atoms with Crippen LogP contribution in [0.15, 0.2) is 42.5 Å². The quantitative estimate of drug-likeness (QED) is 0.523. The van der Waals surface area contributed by atoms with Crippen LogP contribution < -0.4 is 5.32 Å². The minimum absolute atomic E-state index is 0.0154. The van der Waals surface area contributed by atoms with Crippen LogP contribution in [-0.4, -0.2) is 31.2 Å². The van der Waals surface area contributed by atoms with E-state index in [1.165, 1.54) is 30.3 Å². The molecule has 1 saturated carbocycles. The number of hydrogen-bond donors (Lipinski definition) is 1. The number of alkyl halides is 3. The second-order valence-electron chi connectivity index (χ2n) is 8.38. The zero-order valence-corrected chi connectivity index (χ0v) is 20.1. The second kappa shape index (κ2) is 14.3. The maximum absolute atomic E-state index is 13.6. The predicted molar refractivity (Wildman–Crippen MR) is 125 cm³/mol. The Bertz CT molecular complexity index is 901. The van der Waals surface area contributed by atoms with Gasteiger partial charge in [-0.2, -0.15) is 0 Å². The van der Waals surface area contributed by atoms with Crippen LogP contribution in [0, 0.1) is 19.7 Å². The summed E-state index contributed by atoms with van der Waals surface area (Å²) in [5, 5.41) is 2.89. The number of carbonyl (C=O) groups excluding carboxylic acids is 3. The third kappa shape index (κ3) is 10.7. The maximum atomic E-state index is 13.6. The molecule has 0 radical (unpaired) electrons. The van der Waals surface area contributed by atoms with Gasteiger partial charge in [-0.25, -0.2) is 17.6 Å². The van der Waals surface area contributed by atoms with Crippen LogP contribution in [0.4, 0.5) is 17.6 Å². The molecule has 0 saturated heterocycles. The van der Waals surface area contributed by atoms with Crippen LogP contribution in [0.25, 0.3) is 0 Å². The van der Waals surface area contributed by atoms with Gasteiger partial charge in [0.1, 0.15) is 25.1 Å². The number of benzene rings is 2. The first-order valence-corrected chi connectivity index (χ1v) is 10.7. The highest BCUT2D eigenvalue weighted by Crippen LogP contribution is 2.31. The Kier molecular flexibility index (Phi) is 13.0. The van der Waals surface area contributed by atoms with E-state index in [1.807, 2.05) is 13.6 Å². The lowest BCUT2D eigenvalue weighted by atomic mass is 9.85. The summed E-state index contributed by atoms with van der Waals surface area (Å²) in [5.74, 6) is -3.25. The maximum Gasteiger partial charge on any atom is 0.270 e. The first-order valence-electron chi connectivity index (χ1n) is 10.7. The van der Waals surface area contributed by atoms with Crippen molar-refractivity contribution >= 4 is 19.5 Å². The number of rotatable bonds is 3. The minimum atomic E-state index is -2.72. The van der Waals surface area contributed by atoms with Gasteiger partial charge in [-0.05, 0) is 70.2 Å². The van der Waals surface area contributed by atoms with Gasteiger partial charge in [0.05, 0.1) is 0 Å². The third-order valence-electron chi connectivity index (χ3n) is 5.31. The molecule has 1 aliphatic carbocycles. The fraction of sp³-hybridized carbons (Fsp3) is 0.423. The van der Waals surface area contributed by atoms with E-state index in [1.54, 1.807) is 32.9 Å². The highest BCUT2D eigenvalue weighted by Gasteiger charge is 2.31. The van der Waals surface area contributed by atoms with E-state index in [0.717, 1.165) is 12.5 Å². The fourth-order valence-corrected chi connectivity index (χ4v) is 3.34. The molecule has 188 valence electrons. The highest BCUT2D eigenvalue weighted by molar-refractivity contribution is 5.94. The Morgan fingerprint density at radius 2 is 1.59 bits per heavy atom. The number of nitrogens with one attached hydrogen (secondary N) is 1. The second-order valence-corrected chi connectivity index (χ2v) is 8.38. The summed E-state index contributed by atoms with van der Waals surface area (Å²) in [7, 11) is 0. The molecule has 4 nitrogen and oxygen atoms in total. The van der Waals surface area contributed by atoms with Gasteiger partial charge in [-0.3, -0.25) is 4.79 Å². The average Bonchev–Trinajstić information content (AvgIpc) is 2.79. The van der Waals surface area contributed by atoms with Crippen molar-refractivity contribution in [1.82, 2.24) is 5.32 Å². The van der Waals surface area contributed by atoms with E-state index >= 15 is 0 Å². The molecule has 3 rings (SSSR count). The van der Waals surface area contributed by atoms with Crippen molar-refractivity contribution in [2.45, 2.75) is 71.0 Å². The average molecular weight is 484 g/mol. The van der Waals surface area contributed by atoms with Crippen molar-refractivity contribution in [3.63, 3.8) is 0 Å². The number of aryl methyl sites for hydroxylation is 2. The lowest BCUT2D eigenvalue weighted by Crippen LogP contribution is -2.40. The first-order chi connectivity index (χ1) is 15.9. The lowest BCUT2D eigenvalue weighted by Gasteiger charge is -2.31. The smallest absolute Gasteiger partial charge is 0.270 e. The van der Waals surface area contributed by atoms with Crippen molar-refractivity contribution in [1.29, 1.82) is 0 Å². The van der Waals surface area contributed by atoms with Crippen LogP contribution in [0.1, 0.15) is 66.6 Å². The van der Waals surface area contributed by atoms with Gasteiger partial charge in [0.15, 0.2) is 0 Å². The van der Waals surface area contributed by atoms with E-state index in [2.05, 4.69) is 5.32 Å². The van der Waals surface area contributed by atoms with Crippen molar-refractivity contribution in [3.8, 4) is 0 Å². The van der Waals surface area contributed by atoms with E-state index in [9.17, 15) is 22.4 Å². The summed E-state index contributed by atoms with van der Waals surface area (Å²) < 4.78 is 52.0. The van der Waals surface area contributed by atoms with Crippen LogP contribution in [0.2, 0.25) is 0 Å². The van der Waals surface area contributed by atoms with E-state index in [0.29, 0.717) is 36.8 Å². The molecule has 0 heterocycles. The van der Waals surface area contributed by atoms with Gasteiger partial charge in [0.2, 0.25) is 0 Å². The molecule has 34 heavy (non-hydrogen) atoms. The molecule has 0 spiro atoms. The number of amides is 1. The molecule has 1 aliphatic rings. The monoisotopic (exact) mass is 483 g/mol. The third-order valence-corrected chi connectivity index (χ3v) is 5.31. The zero-order chi connectivity index (χ0) is 26.5. The normalized spacial score (nSPS) is 19.1. The van der Waals surface area contributed by atoms with E-state index < -0.39 is 11.6 Å². The number of carbonyl (C=O) groups is 3. The summed E-state index contributed by atoms with van der Waals surface area (Å²) in [6.45, 7) is 9.94. The molecule has 2 aromatic carbocycles. The SMILES string of the molecule is C=O.C=O.Cc1cc(C(=O)NC2CCC(C)(F)CC2)ccc1F.Cc1cccc(C(C)(F)F)c1. The van der Waals surface area contributed by atoms with Gasteiger partial charge in [-0.1, -0.05) is 29.8 Å². The van der Waals surface area contributed by atoms with Crippen LogP contribution >= 0.6 is 0 Å². The molecule has 1 N–H and O–H groups in total. The molecule has 0 unspecified atom stereocenters. The van der Waals surface area contributed by atoms with Crippen molar-refractivity contribution in [3.05, 3.63) is 70.5 Å². The Hall–Kier alpha value is -3.03. The highest BCUT2D eigenvalue weighted by atomic mass is 19.3. The Labute approximate surface area is 198 Å². The largest absolute Gasteiger partial charge is 0.349 e. The van der Waals surface area contributed by atoms with Crippen molar-refractivity contribution in [2.75, 3.05) is 0 Å². The topological polar surface area (TPSA) is 63.2 Å². The summed E-state index contributed by atoms with van der Waals surface area (Å²) in [4.78, 5) is 28.0. The lowest BCUT2D eigenvalue weighted by molar-refractivity contribution is -0.0987. The molecule has 2 aromatic rings. The van der Waals surface area contributed by atoms with Crippen LogP contribution in [0.3, 0.4) is 0 Å². The van der Waals surface area contributed by atoms with E-state index in [-0.39, 0.29) is 23.3 Å².